The summed E-state index contributed by atoms with van der Waals surface area (Å²) < 4.78 is 1.32. The molecule has 0 spiro atoms. The van der Waals surface area contributed by atoms with Gasteiger partial charge in [-0.1, -0.05) is 25.1 Å². The zero-order valence-electron chi connectivity index (χ0n) is 10.1. The fourth-order valence-electron chi connectivity index (χ4n) is 1.87. The Morgan fingerprint density at radius 2 is 2.18 bits per heavy atom. The molecular formula is C14H18OS2. The molecule has 3 heteroatoms. The second-order valence-corrected chi connectivity index (χ2v) is 6.25. The van der Waals surface area contributed by atoms with Crippen LogP contribution in [0.2, 0.25) is 0 Å². The molecule has 2 rings (SSSR count). The lowest BCUT2D eigenvalue weighted by molar-refractivity contribution is 0.200. The van der Waals surface area contributed by atoms with Gasteiger partial charge in [0.1, 0.15) is 0 Å². The number of hydrogen-bond donors (Lipinski definition) is 1. The van der Waals surface area contributed by atoms with Gasteiger partial charge in [0.05, 0.1) is 6.10 Å². The molecule has 0 saturated heterocycles. The average molecular weight is 266 g/mol. The minimum absolute atomic E-state index is 0.218. The first-order valence-electron chi connectivity index (χ1n) is 6.02. The molecule has 1 unspecified atom stereocenters. The topological polar surface area (TPSA) is 20.2 Å². The van der Waals surface area contributed by atoms with Crippen LogP contribution >= 0.6 is 23.1 Å². The summed E-state index contributed by atoms with van der Waals surface area (Å²) in [5.74, 6) is 1.99. The van der Waals surface area contributed by atoms with Crippen LogP contribution in [0.5, 0.6) is 0 Å². The summed E-state index contributed by atoms with van der Waals surface area (Å²) in [5, 5.41) is 13.5. The van der Waals surface area contributed by atoms with E-state index in [4.69, 9.17) is 0 Å². The van der Waals surface area contributed by atoms with Gasteiger partial charge in [-0.3, -0.25) is 0 Å². The van der Waals surface area contributed by atoms with Gasteiger partial charge in [-0.15, -0.1) is 11.3 Å². The molecular weight excluding hydrogens is 248 g/mol. The molecule has 1 heterocycles. The van der Waals surface area contributed by atoms with Gasteiger partial charge >= 0.3 is 0 Å². The van der Waals surface area contributed by atoms with E-state index < -0.39 is 0 Å². The number of fused-ring (bicyclic) bond motifs is 1. The van der Waals surface area contributed by atoms with Crippen LogP contribution in [0, 0.1) is 0 Å². The van der Waals surface area contributed by atoms with Crippen molar-refractivity contribution in [2.75, 3.05) is 11.5 Å². The van der Waals surface area contributed by atoms with Crippen molar-refractivity contribution in [3.05, 3.63) is 35.2 Å². The molecule has 1 N–H and O–H groups in total. The maximum absolute atomic E-state index is 9.99. The maximum Gasteiger partial charge on any atom is 0.0671 e. The Hall–Kier alpha value is -0.510. The summed E-state index contributed by atoms with van der Waals surface area (Å²) in [5.41, 5.74) is 1.29. The van der Waals surface area contributed by atoms with Crippen LogP contribution in [-0.4, -0.2) is 22.7 Å². The van der Waals surface area contributed by atoms with E-state index in [2.05, 4.69) is 36.6 Å². The Labute approximate surface area is 111 Å². The molecule has 1 atom stereocenters. The predicted molar refractivity (Wildman–Crippen MR) is 79.2 cm³/mol. The van der Waals surface area contributed by atoms with E-state index >= 15 is 0 Å². The van der Waals surface area contributed by atoms with Gasteiger partial charge in [-0.2, -0.15) is 11.8 Å². The summed E-state index contributed by atoms with van der Waals surface area (Å²) in [4.78, 5) is 0. The van der Waals surface area contributed by atoms with E-state index in [1.807, 2.05) is 11.8 Å². The van der Waals surface area contributed by atoms with E-state index in [0.29, 0.717) is 0 Å². The van der Waals surface area contributed by atoms with Gasteiger partial charge in [0.15, 0.2) is 0 Å². The van der Waals surface area contributed by atoms with Gasteiger partial charge < -0.3 is 5.11 Å². The van der Waals surface area contributed by atoms with Crippen molar-refractivity contribution in [1.82, 2.24) is 0 Å². The van der Waals surface area contributed by atoms with Gasteiger partial charge in [-0.25, -0.2) is 0 Å². The molecule has 0 amide bonds. The number of thioether (sulfide) groups is 1. The molecule has 0 aliphatic heterocycles. The van der Waals surface area contributed by atoms with Gasteiger partial charge in [-0.05, 0) is 34.6 Å². The zero-order valence-corrected chi connectivity index (χ0v) is 11.7. The molecule has 0 aliphatic rings. The third kappa shape index (κ3) is 3.47. The average Bonchev–Trinajstić information content (AvgIpc) is 2.73. The predicted octanol–water partition coefficient (Wildman–Crippen LogP) is 3.95. The molecule has 1 nitrogen and oxygen atoms in total. The van der Waals surface area contributed by atoms with E-state index in [-0.39, 0.29) is 6.10 Å². The monoisotopic (exact) mass is 266 g/mol. The molecule has 0 aliphatic carbocycles. The molecule has 92 valence electrons. The lowest BCUT2D eigenvalue weighted by Gasteiger charge is -2.09. The van der Waals surface area contributed by atoms with Crippen molar-refractivity contribution in [2.45, 2.75) is 25.9 Å². The van der Waals surface area contributed by atoms with Crippen LogP contribution in [-0.2, 0) is 6.42 Å². The number of aliphatic hydroxyl groups excluding tert-OH is 1. The SMILES string of the molecule is CCCSCC(O)Cc1csc2ccccc12. The third-order valence-electron chi connectivity index (χ3n) is 2.68. The number of aliphatic hydroxyl groups is 1. The van der Waals surface area contributed by atoms with Gasteiger partial charge in [0.25, 0.3) is 0 Å². The lowest BCUT2D eigenvalue weighted by atomic mass is 10.1. The van der Waals surface area contributed by atoms with Crippen LogP contribution in [0.4, 0.5) is 0 Å². The minimum Gasteiger partial charge on any atom is -0.392 e. The van der Waals surface area contributed by atoms with Crippen molar-refractivity contribution in [3.63, 3.8) is 0 Å². The second-order valence-electron chi connectivity index (χ2n) is 4.19. The van der Waals surface area contributed by atoms with Crippen LogP contribution in [0.1, 0.15) is 18.9 Å². The zero-order chi connectivity index (χ0) is 12.1. The first-order valence-corrected chi connectivity index (χ1v) is 8.05. The number of hydrogen-bond acceptors (Lipinski definition) is 3. The maximum atomic E-state index is 9.99. The summed E-state index contributed by atoms with van der Waals surface area (Å²) in [6, 6.07) is 8.42. The van der Waals surface area contributed by atoms with E-state index in [1.54, 1.807) is 11.3 Å². The Morgan fingerprint density at radius 3 is 3.00 bits per heavy atom. The summed E-state index contributed by atoms with van der Waals surface area (Å²) >= 11 is 3.61. The van der Waals surface area contributed by atoms with Crippen molar-refractivity contribution >= 4 is 33.2 Å². The van der Waals surface area contributed by atoms with E-state index in [1.165, 1.54) is 22.1 Å². The molecule has 2 aromatic rings. The highest BCUT2D eigenvalue weighted by Crippen LogP contribution is 2.26. The lowest BCUT2D eigenvalue weighted by Crippen LogP contribution is -2.13. The molecule has 0 bridgehead atoms. The molecule has 17 heavy (non-hydrogen) atoms. The molecule has 0 radical (unpaired) electrons. The van der Waals surface area contributed by atoms with E-state index in [9.17, 15) is 5.11 Å². The highest BCUT2D eigenvalue weighted by atomic mass is 32.2. The second kappa shape index (κ2) is 6.43. The molecule has 1 aromatic carbocycles. The van der Waals surface area contributed by atoms with Crippen LogP contribution in [0.25, 0.3) is 10.1 Å². The summed E-state index contributed by atoms with van der Waals surface area (Å²) in [6.45, 7) is 2.17. The Kier molecular flexibility index (Phi) is 4.89. The number of thiophene rings is 1. The Morgan fingerprint density at radius 1 is 1.35 bits per heavy atom. The first kappa shape index (κ1) is 12.9. The molecule has 0 saturated carbocycles. The first-order chi connectivity index (χ1) is 8.31. The number of rotatable bonds is 6. The number of benzene rings is 1. The van der Waals surface area contributed by atoms with Crippen molar-refractivity contribution in [2.24, 2.45) is 0 Å². The van der Waals surface area contributed by atoms with Crippen LogP contribution in [0.15, 0.2) is 29.6 Å². The van der Waals surface area contributed by atoms with Crippen molar-refractivity contribution in [1.29, 1.82) is 0 Å². The van der Waals surface area contributed by atoms with Gasteiger partial charge in [0.2, 0.25) is 0 Å². The minimum atomic E-state index is -0.218. The fraction of sp³-hybridized carbons (Fsp3) is 0.429. The van der Waals surface area contributed by atoms with Crippen molar-refractivity contribution < 1.29 is 5.11 Å². The Balaban J connectivity index is 1.98. The standard InChI is InChI=1S/C14H18OS2/c1-2-7-16-10-12(15)8-11-9-17-14-6-4-3-5-13(11)14/h3-6,9,12,15H,2,7-8,10H2,1H3. The highest BCUT2D eigenvalue weighted by Gasteiger charge is 2.09. The van der Waals surface area contributed by atoms with Gasteiger partial charge in [0, 0.05) is 16.9 Å². The largest absolute Gasteiger partial charge is 0.392 e. The normalized spacial score (nSPS) is 13.1. The van der Waals surface area contributed by atoms with Crippen LogP contribution < -0.4 is 0 Å². The summed E-state index contributed by atoms with van der Waals surface area (Å²) in [6.07, 6.45) is 1.74. The fourth-order valence-corrected chi connectivity index (χ4v) is 3.69. The smallest absolute Gasteiger partial charge is 0.0671 e. The molecule has 1 aromatic heterocycles. The van der Waals surface area contributed by atoms with E-state index in [0.717, 1.165) is 17.9 Å². The quantitative estimate of drug-likeness (QED) is 0.799. The molecule has 0 fully saturated rings. The van der Waals surface area contributed by atoms with Crippen molar-refractivity contribution in [3.8, 4) is 0 Å². The Bertz CT molecular complexity index is 464. The summed E-state index contributed by atoms with van der Waals surface area (Å²) in [7, 11) is 0. The highest BCUT2D eigenvalue weighted by molar-refractivity contribution is 7.99. The van der Waals surface area contributed by atoms with Crippen LogP contribution in [0.3, 0.4) is 0 Å². The third-order valence-corrected chi connectivity index (χ3v) is 5.01.